The number of nitrogens with one attached hydrogen (secondary N) is 1. The Morgan fingerprint density at radius 3 is 1.97 bits per heavy atom. The minimum atomic E-state index is -1.65. The zero-order valence-corrected chi connectivity index (χ0v) is 19.6. The maximum Gasteiger partial charge on any atom is 0.217 e. The van der Waals surface area contributed by atoms with Crippen molar-refractivity contribution in [3.05, 3.63) is 0 Å². The lowest BCUT2D eigenvalue weighted by molar-refractivity contribution is -0.344. The molecule has 0 aliphatic carbocycles. The Balaban J connectivity index is 1.73. The molecule has 0 radical (unpaired) electrons. The van der Waals surface area contributed by atoms with Gasteiger partial charge in [0.15, 0.2) is 18.9 Å². The van der Waals surface area contributed by atoms with Crippen LogP contribution in [-0.4, -0.2) is 147 Å². The number of rotatable bonds is 8. The van der Waals surface area contributed by atoms with Gasteiger partial charge in [0.2, 0.25) is 5.91 Å². The maximum atomic E-state index is 11.5. The summed E-state index contributed by atoms with van der Waals surface area (Å²) in [6, 6.07) is -3.66. The molecule has 16 heteroatoms. The van der Waals surface area contributed by atoms with Crippen LogP contribution < -0.4 is 16.8 Å². The van der Waals surface area contributed by atoms with Crippen molar-refractivity contribution in [2.45, 2.75) is 99.2 Å². The summed E-state index contributed by atoms with van der Waals surface area (Å²) in [7, 11) is 0. The highest BCUT2D eigenvalue weighted by atomic mass is 16.7. The van der Waals surface area contributed by atoms with Gasteiger partial charge in [0, 0.05) is 13.3 Å². The quantitative estimate of drug-likeness (QED) is 0.141. The molecule has 3 fully saturated rings. The highest BCUT2D eigenvalue weighted by Gasteiger charge is 2.52. The fraction of sp³-hybridized carbons (Fsp3) is 0.950. The average molecular weight is 528 g/mol. The summed E-state index contributed by atoms with van der Waals surface area (Å²) >= 11 is 0. The molecule has 3 heterocycles. The smallest absolute Gasteiger partial charge is 0.217 e. The number of aliphatic hydroxyl groups is 7. The third-order valence-corrected chi connectivity index (χ3v) is 6.52. The molecule has 0 spiro atoms. The molecule has 12 N–H and O–H groups in total. The summed E-state index contributed by atoms with van der Waals surface area (Å²) < 4.78 is 27.9. The highest BCUT2D eigenvalue weighted by molar-refractivity contribution is 5.73. The molecule has 36 heavy (non-hydrogen) atoms. The van der Waals surface area contributed by atoms with E-state index in [1.165, 1.54) is 6.92 Å². The first-order valence-corrected chi connectivity index (χ1v) is 11.6. The molecule has 210 valence electrons. The zero-order chi connectivity index (χ0) is 26.7. The van der Waals surface area contributed by atoms with Gasteiger partial charge in [-0.25, -0.2) is 0 Å². The van der Waals surface area contributed by atoms with Gasteiger partial charge in [0.05, 0.1) is 44.1 Å². The van der Waals surface area contributed by atoms with Gasteiger partial charge in [-0.2, -0.15) is 0 Å². The summed E-state index contributed by atoms with van der Waals surface area (Å²) in [6.45, 7) is -0.600. The molecule has 0 saturated carbocycles. The summed E-state index contributed by atoms with van der Waals surface area (Å²) in [5, 5.41) is 73.1. The average Bonchev–Trinajstić information content (AvgIpc) is 2.84. The summed E-state index contributed by atoms with van der Waals surface area (Å²) in [6.07, 6.45) is -14.4. The first kappa shape index (κ1) is 29.5. The summed E-state index contributed by atoms with van der Waals surface area (Å²) in [4.78, 5) is 11.5. The second kappa shape index (κ2) is 12.6. The molecule has 1 amide bonds. The van der Waals surface area contributed by atoms with E-state index in [2.05, 4.69) is 5.32 Å². The second-order valence-corrected chi connectivity index (χ2v) is 9.15. The van der Waals surface area contributed by atoms with Gasteiger partial charge in [-0.15, -0.1) is 0 Å². The lowest BCUT2D eigenvalue weighted by Crippen LogP contribution is -2.69. The Labute approximate surface area is 206 Å². The zero-order valence-electron chi connectivity index (χ0n) is 19.6. The number of aliphatic hydroxyl groups excluding tert-OH is 7. The van der Waals surface area contributed by atoms with Gasteiger partial charge in [0.1, 0.15) is 42.7 Å². The Bertz CT molecular complexity index is 720. The minimum Gasteiger partial charge on any atom is -0.394 e. The highest BCUT2D eigenvalue weighted by Crippen LogP contribution is 2.31. The fourth-order valence-electron chi connectivity index (χ4n) is 4.51. The maximum absolute atomic E-state index is 11.5. The summed E-state index contributed by atoms with van der Waals surface area (Å²) in [5.74, 6) is -0.569. The monoisotopic (exact) mass is 527 g/mol. The number of ether oxygens (including phenoxy) is 5. The Morgan fingerprint density at radius 2 is 1.42 bits per heavy atom. The Hall–Kier alpha value is -1.09. The SMILES string of the molecule is CC(=O)N[C@@H]1[C@@H](O)[C@H](O[C@@H]2O[C@H](CO)[C@@H](O[C@@H]3O[C@H](CO)C[C@H](O)[C@H]3N)[C@H](O)[C@H]2N)[C@@H](CO)O[C@H]1O. The standard InChI is InChI=1S/C20H37N3O13/c1-6(27)23-13-15(30)17(9(4-25)33-18(13)31)36-20-12(22)14(29)16(10(5-26)34-20)35-19-11(21)8(28)2-7(3-24)32-19/h7-20,24-26,28-31H,2-5,21-22H2,1H3,(H,23,27)/t7-,8-,9+,10+,11+,12+,13+,14+,15+,16+,17+,18+,19-,20-/m0/s1. The van der Waals surface area contributed by atoms with Gasteiger partial charge in [0.25, 0.3) is 0 Å². The molecule has 3 saturated heterocycles. The first-order chi connectivity index (χ1) is 17.0. The van der Waals surface area contributed by atoms with E-state index in [-0.39, 0.29) is 6.42 Å². The van der Waals surface area contributed by atoms with Crippen molar-refractivity contribution in [1.82, 2.24) is 5.32 Å². The van der Waals surface area contributed by atoms with Crippen molar-refractivity contribution in [3.63, 3.8) is 0 Å². The van der Waals surface area contributed by atoms with Crippen molar-refractivity contribution in [3.8, 4) is 0 Å². The van der Waals surface area contributed by atoms with Crippen LogP contribution in [0.5, 0.6) is 0 Å². The van der Waals surface area contributed by atoms with Gasteiger partial charge in [-0.3, -0.25) is 4.79 Å². The number of nitrogens with two attached hydrogens (primary N) is 2. The molecule has 14 atom stereocenters. The third-order valence-electron chi connectivity index (χ3n) is 6.52. The molecule has 16 nitrogen and oxygen atoms in total. The van der Waals surface area contributed by atoms with Crippen molar-refractivity contribution in [1.29, 1.82) is 0 Å². The number of carbonyl (C=O) groups is 1. The van der Waals surface area contributed by atoms with E-state index in [0.717, 1.165) is 0 Å². The van der Waals surface area contributed by atoms with Crippen LogP contribution in [0, 0.1) is 0 Å². The first-order valence-electron chi connectivity index (χ1n) is 11.6. The molecule has 3 aliphatic heterocycles. The van der Waals surface area contributed by atoms with Crippen molar-refractivity contribution < 1.29 is 64.2 Å². The topological polar surface area (TPSA) is 269 Å². The van der Waals surface area contributed by atoms with E-state index < -0.39 is 112 Å². The van der Waals surface area contributed by atoms with Crippen LogP contribution in [0.1, 0.15) is 13.3 Å². The lowest BCUT2D eigenvalue weighted by Gasteiger charge is -2.48. The van der Waals surface area contributed by atoms with Crippen molar-refractivity contribution >= 4 is 5.91 Å². The van der Waals surface area contributed by atoms with Gasteiger partial charge >= 0.3 is 0 Å². The van der Waals surface area contributed by atoms with Crippen molar-refractivity contribution in [2.24, 2.45) is 11.5 Å². The molecule has 3 aliphatic rings. The lowest BCUT2D eigenvalue weighted by atomic mass is 9.94. The third kappa shape index (κ3) is 6.30. The molecule has 0 aromatic carbocycles. The van der Waals surface area contributed by atoms with Gasteiger partial charge < -0.3 is 76.2 Å². The van der Waals surface area contributed by atoms with E-state index in [1.807, 2.05) is 0 Å². The number of carbonyl (C=O) groups excluding carboxylic acids is 1. The van der Waals surface area contributed by atoms with E-state index in [4.69, 9.17) is 35.2 Å². The van der Waals surface area contributed by atoms with Crippen LogP contribution in [0.4, 0.5) is 0 Å². The van der Waals surface area contributed by atoms with E-state index >= 15 is 0 Å². The van der Waals surface area contributed by atoms with E-state index in [9.17, 15) is 40.5 Å². The van der Waals surface area contributed by atoms with E-state index in [0.29, 0.717) is 0 Å². The van der Waals surface area contributed by atoms with Crippen LogP contribution in [0.3, 0.4) is 0 Å². The van der Waals surface area contributed by atoms with Gasteiger partial charge in [-0.05, 0) is 0 Å². The van der Waals surface area contributed by atoms with Crippen LogP contribution in [-0.2, 0) is 28.5 Å². The molecule has 0 aromatic rings. The van der Waals surface area contributed by atoms with Crippen molar-refractivity contribution in [2.75, 3.05) is 19.8 Å². The largest absolute Gasteiger partial charge is 0.394 e. The minimum absolute atomic E-state index is 0.0755. The molecule has 0 aromatic heterocycles. The molecule has 0 unspecified atom stereocenters. The molecule has 0 bridgehead atoms. The fourth-order valence-corrected chi connectivity index (χ4v) is 4.51. The normalized spacial score (nSPS) is 47.9. The van der Waals surface area contributed by atoms with Crippen LogP contribution in [0.25, 0.3) is 0 Å². The second-order valence-electron chi connectivity index (χ2n) is 9.15. The Kier molecular flexibility index (Phi) is 10.3. The molecular weight excluding hydrogens is 490 g/mol. The van der Waals surface area contributed by atoms with Gasteiger partial charge in [-0.1, -0.05) is 0 Å². The predicted molar refractivity (Wildman–Crippen MR) is 115 cm³/mol. The Morgan fingerprint density at radius 1 is 0.861 bits per heavy atom. The number of amides is 1. The summed E-state index contributed by atoms with van der Waals surface area (Å²) in [5.41, 5.74) is 12.1. The van der Waals surface area contributed by atoms with Crippen LogP contribution in [0.15, 0.2) is 0 Å². The molecular formula is C20H37N3O13. The number of hydrogen-bond acceptors (Lipinski definition) is 15. The number of hydrogen-bond donors (Lipinski definition) is 10. The van der Waals surface area contributed by atoms with Crippen LogP contribution >= 0.6 is 0 Å². The molecule has 3 rings (SSSR count). The van der Waals surface area contributed by atoms with E-state index in [1.54, 1.807) is 0 Å². The van der Waals surface area contributed by atoms with Crippen LogP contribution in [0.2, 0.25) is 0 Å². The predicted octanol–water partition coefficient (Wildman–Crippen LogP) is -6.47.